The van der Waals surface area contributed by atoms with Gasteiger partial charge in [0.25, 0.3) is 0 Å². The first-order valence-electron chi connectivity index (χ1n) is 7.30. The van der Waals surface area contributed by atoms with Gasteiger partial charge in [0.2, 0.25) is 0 Å². The van der Waals surface area contributed by atoms with Crippen LogP contribution in [0.2, 0.25) is 0 Å². The van der Waals surface area contributed by atoms with Gasteiger partial charge in [-0.3, -0.25) is 0 Å². The summed E-state index contributed by atoms with van der Waals surface area (Å²) in [5.41, 5.74) is 2.94. The average molecular weight is 307 g/mol. The fourth-order valence-electron chi connectivity index (χ4n) is 2.14. The highest BCUT2D eigenvalue weighted by Gasteiger charge is 2.02. The van der Waals surface area contributed by atoms with Crippen LogP contribution in [0.5, 0.6) is 0 Å². The fraction of sp³-hybridized carbons (Fsp3) is 0.118. The van der Waals surface area contributed by atoms with Crippen molar-refractivity contribution in [3.8, 4) is 0 Å². The zero-order chi connectivity index (χ0) is 15.9. The van der Waals surface area contributed by atoms with Crippen LogP contribution < -0.4 is 10.6 Å². The Hall–Kier alpha value is -3.15. The quantitative estimate of drug-likeness (QED) is 0.761. The van der Waals surface area contributed by atoms with Crippen molar-refractivity contribution in [3.05, 3.63) is 78.4 Å². The Labute approximate surface area is 134 Å². The fourth-order valence-corrected chi connectivity index (χ4v) is 2.14. The Morgan fingerprint density at radius 3 is 2.43 bits per heavy atom. The van der Waals surface area contributed by atoms with Gasteiger partial charge in [-0.2, -0.15) is 5.10 Å². The van der Waals surface area contributed by atoms with Gasteiger partial charge in [0.15, 0.2) is 0 Å². The van der Waals surface area contributed by atoms with Crippen molar-refractivity contribution < 1.29 is 4.79 Å². The van der Waals surface area contributed by atoms with Gasteiger partial charge >= 0.3 is 6.03 Å². The molecule has 0 saturated heterocycles. The van der Waals surface area contributed by atoms with Crippen LogP contribution >= 0.6 is 0 Å². The molecule has 116 valence electrons. The standard InChI is InChI=1S/C17H17N5O/c23-17(21-16-4-2-1-3-5-16)19-10-14-6-8-15(9-7-14)11-22-13-18-12-20-22/h1-9,12-13H,10-11H2,(H2,19,21,23). The molecule has 3 rings (SSSR count). The minimum atomic E-state index is -0.220. The summed E-state index contributed by atoms with van der Waals surface area (Å²) in [6.07, 6.45) is 3.20. The molecule has 0 fully saturated rings. The first kappa shape index (κ1) is 14.8. The molecule has 2 N–H and O–H groups in total. The molecular weight excluding hydrogens is 290 g/mol. The molecular formula is C17H17N5O. The van der Waals surface area contributed by atoms with Crippen LogP contribution in [0.1, 0.15) is 11.1 Å². The second kappa shape index (κ2) is 7.22. The van der Waals surface area contributed by atoms with Gasteiger partial charge < -0.3 is 10.6 Å². The van der Waals surface area contributed by atoms with Crippen molar-refractivity contribution in [3.63, 3.8) is 0 Å². The average Bonchev–Trinajstić information content (AvgIpc) is 3.08. The maximum atomic E-state index is 11.8. The molecule has 6 heteroatoms. The molecule has 0 aliphatic rings. The van der Waals surface area contributed by atoms with Gasteiger partial charge in [0.05, 0.1) is 6.54 Å². The summed E-state index contributed by atoms with van der Waals surface area (Å²) in [6, 6.07) is 17.2. The molecule has 0 atom stereocenters. The van der Waals surface area contributed by atoms with Crippen LogP contribution in [0.4, 0.5) is 10.5 Å². The number of benzene rings is 2. The predicted octanol–water partition coefficient (Wildman–Crippen LogP) is 2.65. The van der Waals surface area contributed by atoms with Crippen LogP contribution in [-0.4, -0.2) is 20.8 Å². The highest BCUT2D eigenvalue weighted by molar-refractivity contribution is 5.89. The first-order valence-corrected chi connectivity index (χ1v) is 7.30. The smallest absolute Gasteiger partial charge is 0.319 e. The summed E-state index contributed by atoms with van der Waals surface area (Å²) in [4.78, 5) is 15.7. The van der Waals surface area contributed by atoms with E-state index >= 15 is 0 Å². The third-order valence-electron chi connectivity index (χ3n) is 3.32. The number of carbonyl (C=O) groups excluding carboxylic acids is 1. The highest BCUT2D eigenvalue weighted by Crippen LogP contribution is 2.07. The van der Waals surface area contributed by atoms with Crippen molar-refractivity contribution >= 4 is 11.7 Å². The second-order valence-electron chi connectivity index (χ2n) is 5.08. The molecule has 1 heterocycles. The van der Waals surface area contributed by atoms with E-state index in [0.29, 0.717) is 13.1 Å². The summed E-state index contributed by atoms with van der Waals surface area (Å²) in [5, 5.41) is 9.69. The molecule has 2 aromatic carbocycles. The Morgan fingerprint density at radius 1 is 1.00 bits per heavy atom. The first-order chi connectivity index (χ1) is 11.3. The minimum Gasteiger partial charge on any atom is -0.334 e. The van der Waals surface area contributed by atoms with E-state index < -0.39 is 0 Å². The number of amides is 2. The Morgan fingerprint density at radius 2 is 1.74 bits per heavy atom. The minimum absolute atomic E-state index is 0.220. The van der Waals surface area contributed by atoms with Crippen molar-refractivity contribution in [1.29, 1.82) is 0 Å². The molecule has 0 aliphatic carbocycles. The topological polar surface area (TPSA) is 71.8 Å². The number of aromatic nitrogens is 3. The zero-order valence-corrected chi connectivity index (χ0v) is 12.5. The number of nitrogens with zero attached hydrogens (tertiary/aromatic N) is 3. The van der Waals surface area contributed by atoms with Gasteiger partial charge in [-0.15, -0.1) is 0 Å². The van der Waals surface area contributed by atoms with Crippen molar-refractivity contribution in [2.24, 2.45) is 0 Å². The van der Waals surface area contributed by atoms with E-state index in [9.17, 15) is 4.79 Å². The number of para-hydroxylation sites is 1. The van der Waals surface area contributed by atoms with E-state index in [4.69, 9.17) is 0 Å². The Bertz CT molecular complexity index is 738. The van der Waals surface area contributed by atoms with Crippen LogP contribution in [0, 0.1) is 0 Å². The van der Waals surface area contributed by atoms with Gasteiger partial charge in [0.1, 0.15) is 12.7 Å². The molecule has 3 aromatic rings. The van der Waals surface area contributed by atoms with E-state index in [1.165, 1.54) is 6.33 Å². The lowest BCUT2D eigenvalue weighted by Crippen LogP contribution is -2.28. The van der Waals surface area contributed by atoms with E-state index in [1.54, 1.807) is 11.0 Å². The molecule has 2 amide bonds. The molecule has 1 aromatic heterocycles. The van der Waals surface area contributed by atoms with Gasteiger partial charge in [-0.25, -0.2) is 14.5 Å². The van der Waals surface area contributed by atoms with Crippen molar-refractivity contribution in [1.82, 2.24) is 20.1 Å². The normalized spacial score (nSPS) is 10.3. The molecule has 23 heavy (non-hydrogen) atoms. The summed E-state index contributed by atoms with van der Waals surface area (Å²) in [7, 11) is 0. The van der Waals surface area contributed by atoms with Crippen LogP contribution in [0.3, 0.4) is 0 Å². The van der Waals surface area contributed by atoms with Gasteiger partial charge in [-0.05, 0) is 23.3 Å². The third-order valence-corrected chi connectivity index (χ3v) is 3.32. The SMILES string of the molecule is O=C(NCc1ccc(Cn2cncn2)cc1)Nc1ccccc1. The summed E-state index contributed by atoms with van der Waals surface area (Å²) in [6.45, 7) is 1.16. The molecule has 0 spiro atoms. The van der Waals surface area contributed by atoms with Crippen LogP contribution in [-0.2, 0) is 13.1 Å². The molecule has 0 unspecified atom stereocenters. The largest absolute Gasteiger partial charge is 0.334 e. The lowest BCUT2D eigenvalue weighted by molar-refractivity contribution is 0.251. The summed E-state index contributed by atoms with van der Waals surface area (Å²) in [5.74, 6) is 0. The Kier molecular flexibility index (Phi) is 4.63. The lowest BCUT2D eigenvalue weighted by atomic mass is 10.1. The van der Waals surface area contributed by atoms with E-state index in [-0.39, 0.29) is 6.03 Å². The molecule has 0 bridgehead atoms. The predicted molar refractivity (Wildman–Crippen MR) is 87.9 cm³/mol. The molecule has 0 radical (unpaired) electrons. The summed E-state index contributed by atoms with van der Waals surface area (Å²) < 4.78 is 1.76. The van der Waals surface area contributed by atoms with Crippen molar-refractivity contribution in [2.45, 2.75) is 13.1 Å². The van der Waals surface area contributed by atoms with Gasteiger partial charge in [0, 0.05) is 12.2 Å². The monoisotopic (exact) mass is 307 g/mol. The number of hydrogen-bond acceptors (Lipinski definition) is 3. The van der Waals surface area contributed by atoms with Crippen LogP contribution in [0.25, 0.3) is 0 Å². The number of urea groups is 1. The number of rotatable bonds is 5. The number of hydrogen-bond donors (Lipinski definition) is 2. The number of carbonyl (C=O) groups is 1. The summed E-state index contributed by atoms with van der Waals surface area (Å²) >= 11 is 0. The second-order valence-corrected chi connectivity index (χ2v) is 5.08. The van der Waals surface area contributed by atoms with Gasteiger partial charge in [-0.1, -0.05) is 42.5 Å². The van der Waals surface area contributed by atoms with E-state index in [2.05, 4.69) is 20.7 Å². The lowest BCUT2D eigenvalue weighted by Gasteiger charge is -2.08. The van der Waals surface area contributed by atoms with Crippen molar-refractivity contribution in [2.75, 3.05) is 5.32 Å². The number of nitrogens with one attached hydrogen (secondary N) is 2. The third kappa shape index (κ3) is 4.41. The molecule has 0 aliphatic heterocycles. The highest BCUT2D eigenvalue weighted by atomic mass is 16.2. The van der Waals surface area contributed by atoms with E-state index in [1.807, 2.05) is 54.6 Å². The Balaban J connectivity index is 1.49. The zero-order valence-electron chi connectivity index (χ0n) is 12.5. The number of anilines is 1. The molecule has 0 saturated carbocycles. The maximum Gasteiger partial charge on any atom is 0.319 e. The molecule has 6 nitrogen and oxygen atoms in total. The maximum absolute atomic E-state index is 11.8. The van der Waals surface area contributed by atoms with E-state index in [0.717, 1.165) is 16.8 Å². The van der Waals surface area contributed by atoms with Crippen LogP contribution in [0.15, 0.2) is 67.3 Å².